The zero-order chi connectivity index (χ0) is 33.9. The van der Waals surface area contributed by atoms with Gasteiger partial charge in [-0.3, -0.25) is 0 Å². The van der Waals surface area contributed by atoms with Gasteiger partial charge in [-0.25, -0.2) is 0 Å². The fourth-order valence-electron chi connectivity index (χ4n) is 7.43. The highest BCUT2D eigenvalue weighted by molar-refractivity contribution is 7.00. The number of aliphatic hydroxyl groups excluding tert-OH is 2. The van der Waals surface area contributed by atoms with Gasteiger partial charge in [0, 0.05) is 6.42 Å². The SMILES string of the molecule is C=C1C(=CCO)CC(O[Si](c2ccccc2)(c2ccccc2)C(C)(C)C)C(O)C1O[Si](c1ccccc1)(c1ccccc1)C(C)(C)C. The number of aliphatic hydroxyl groups is 2. The van der Waals surface area contributed by atoms with Crippen LogP contribution in [0.2, 0.25) is 10.1 Å². The molecule has 1 fully saturated rings. The van der Waals surface area contributed by atoms with Crippen LogP contribution < -0.4 is 20.7 Å². The Balaban J connectivity index is 1.69. The third-order valence-electron chi connectivity index (χ3n) is 9.67. The molecule has 3 unspecified atom stereocenters. The first-order chi connectivity index (χ1) is 22.4. The topological polar surface area (TPSA) is 58.9 Å². The fraction of sp³-hybridized carbons (Fsp3) is 0.317. The Bertz CT molecular complexity index is 1560. The van der Waals surface area contributed by atoms with Crippen LogP contribution in [-0.2, 0) is 8.85 Å². The van der Waals surface area contributed by atoms with Crippen molar-refractivity contribution in [1.29, 1.82) is 0 Å². The molecule has 0 bridgehead atoms. The molecule has 0 aromatic heterocycles. The smallest absolute Gasteiger partial charge is 0.262 e. The maximum Gasteiger partial charge on any atom is 0.262 e. The second-order valence-corrected chi connectivity index (χ2v) is 23.2. The van der Waals surface area contributed by atoms with Crippen molar-refractivity contribution >= 4 is 37.4 Å². The van der Waals surface area contributed by atoms with Gasteiger partial charge in [0.05, 0.1) is 18.8 Å². The summed E-state index contributed by atoms with van der Waals surface area (Å²) in [6.45, 7) is 17.8. The predicted molar refractivity (Wildman–Crippen MR) is 200 cm³/mol. The lowest BCUT2D eigenvalue weighted by atomic mass is 9.84. The minimum atomic E-state index is -3.08. The minimum Gasteiger partial charge on any atom is -0.401 e. The number of hydrogen-bond donors (Lipinski definition) is 2. The molecule has 1 saturated carbocycles. The van der Waals surface area contributed by atoms with E-state index in [9.17, 15) is 10.2 Å². The van der Waals surface area contributed by atoms with E-state index < -0.39 is 34.9 Å². The Hall–Kier alpha value is -3.37. The van der Waals surface area contributed by atoms with Crippen molar-refractivity contribution < 1.29 is 19.1 Å². The molecule has 4 aromatic rings. The van der Waals surface area contributed by atoms with Crippen LogP contribution in [0.15, 0.2) is 145 Å². The maximum atomic E-state index is 12.6. The Morgan fingerprint density at radius 2 is 0.979 bits per heavy atom. The average molecular weight is 663 g/mol. The molecule has 0 amide bonds. The van der Waals surface area contributed by atoms with Crippen molar-refractivity contribution in [2.45, 2.75) is 76.4 Å². The molecule has 0 aliphatic heterocycles. The first kappa shape index (κ1) is 35.0. The van der Waals surface area contributed by atoms with Crippen molar-refractivity contribution in [2.24, 2.45) is 0 Å². The molecule has 0 spiro atoms. The molecule has 2 N–H and O–H groups in total. The lowest BCUT2D eigenvalue weighted by molar-refractivity contribution is -0.0399. The number of benzene rings is 4. The van der Waals surface area contributed by atoms with E-state index in [2.05, 4.69) is 145 Å². The van der Waals surface area contributed by atoms with E-state index in [4.69, 9.17) is 8.85 Å². The molecule has 1 aliphatic carbocycles. The molecule has 5 rings (SSSR count). The summed E-state index contributed by atoms with van der Waals surface area (Å²) in [5, 5.41) is 26.7. The summed E-state index contributed by atoms with van der Waals surface area (Å²) in [6, 6.07) is 41.9. The third kappa shape index (κ3) is 6.55. The summed E-state index contributed by atoms with van der Waals surface area (Å²) in [6.07, 6.45) is -0.130. The van der Waals surface area contributed by atoms with E-state index in [1.807, 2.05) is 24.3 Å². The van der Waals surface area contributed by atoms with Crippen molar-refractivity contribution in [2.75, 3.05) is 6.61 Å². The van der Waals surface area contributed by atoms with E-state index in [-0.39, 0.29) is 16.7 Å². The predicted octanol–water partition coefficient (Wildman–Crippen LogP) is 6.12. The monoisotopic (exact) mass is 662 g/mol. The van der Waals surface area contributed by atoms with Crippen molar-refractivity contribution in [1.82, 2.24) is 0 Å². The Morgan fingerprint density at radius 3 is 1.30 bits per heavy atom. The quantitative estimate of drug-likeness (QED) is 0.212. The molecule has 0 radical (unpaired) electrons. The van der Waals surface area contributed by atoms with Gasteiger partial charge in [0.15, 0.2) is 0 Å². The molecule has 1 aliphatic rings. The van der Waals surface area contributed by atoms with Crippen molar-refractivity contribution in [3.63, 3.8) is 0 Å². The van der Waals surface area contributed by atoms with Gasteiger partial charge >= 0.3 is 0 Å². The van der Waals surface area contributed by atoms with E-state index in [0.717, 1.165) is 26.3 Å². The van der Waals surface area contributed by atoms with Crippen LogP contribution in [0, 0.1) is 0 Å². The number of hydrogen-bond acceptors (Lipinski definition) is 4. The molecular weight excluding hydrogens is 613 g/mol. The summed E-state index contributed by atoms with van der Waals surface area (Å²) < 4.78 is 15.1. The zero-order valence-corrected chi connectivity index (χ0v) is 30.7. The summed E-state index contributed by atoms with van der Waals surface area (Å²) in [4.78, 5) is 0. The standard InChI is InChI=1S/C41H50O4Si2/c1-31-32(28-29-42)30-37(44-46(40(2,3)4,33-20-12-8-13-21-33)34-22-14-9-15-23-34)38(43)39(31)45-47(41(5,6)7,35-24-16-10-17-25-35)36-26-18-11-19-27-36/h8-28,37-39,42-43H,1,29-30H2,2-7H3. The van der Waals surface area contributed by atoms with Gasteiger partial charge in [-0.2, -0.15) is 0 Å². The molecule has 0 heterocycles. The average Bonchev–Trinajstić information content (AvgIpc) is 3.06. The highest BCUT2D eigenvalue weighted by Gasteiger charge is 2.57. The van der Waals surface area contributed by atoms with Gasteiger partial charge in [-0.1, -0.05) is 176 Å². The van der Waals surface area contributed by atoms with Gasteiger partial charge < -0.3 is 19.1 Å². The number of rotatable bonds is 9. The largest absolute Gasteiger partial charge is 0.401 e. The molecule has 47 heavy (non-hydrogen) atoms. The van der Waals surface area contributed by atoms with Crippen LogP contribution in [0.5, 0.6) is 0 Å². The van der Waals surface area contributed by atoms with E-state index in [1.54, 1.807) is 6.08 Å². The highest BCUT2D eigenvalue weighted by atomic mass is 28.4. The third-order valence-corrected chi connectivity index (χ3v) is 19.7. The van der Waals surface area contributed by atoms with Gasteiger partial charge in [-0.05, 0) is 42.0 Å². The lowest BCUT2D eigenvalue weighted by Crippen LogP contribution is -2.71. The first-order valence-corrected chi connectivity index (χ1v) is 20.4. The van der Waals surface area contributed by atoms with Crippen LogP contribution in [0.25, 0.3) is 0 Å². The maximum absolute atomic E-state index is 12.6. The molecule has 6 heteroatoms. The molecule has 246 valence electrons. The normalized spacial score (nSPS) is 20.4. The minimum absolute atomic E-state index is 0.137. The summed E-state index contributed by atoms with van der Waals surface area (Å²) in [5.41, 5.74) is 1.56. The second kappa shape index (κ2) is 14.0. The van der Waals surface area contributed by atoms with Gasteiger partial charge in [0.1, 0.15) is 6.10 Å². The van der Waals surface area contributed by atoms with Crippen LogP contribution in [-0.4, -0.2) is 51.8 Å². The summed E-state index contributed by atoms with van der Waals surface area (Å²) >= 11 is 0. The van der Waals surface area contributed by atoms with Gasteiger partial charge in [0.2, 0.25) is 0 Å². The molecular formula is C41H50O4Si2. The Morgan fingerprint density at radius 1 is 0.638 bits per heavy atom. The molecule has 4 aromatic carbocycles. The zero-order valence-electron chi connectivity index (χ0n) is 28.7. The van der Waals surface area contributed by atoms with Gasteiger partial charge in [0.25, 0.3) is 16.6 Å². The van der Waals surface area contributed by atoms with Crippen LogP contribution in [0.4, 0.5) is 0 Å². The van der Waals surface area contributed by atoms with Crippen LogP contribution in [0.3, 0.4) is 0 Å². The van der Waals surface area contributed by atoms with Crippen molar-refractivity contribution in [3.05, 3.63) is 145 Å². The van der Waals surface area contributed by atoms with E-state index >= 15 is 0 Å². The first-order valence-electron chi connectivity index (χ1n) is 16.6. The van der Waals surface area contributed by atoms with E-state index in [1.165, 1.54) is 0 Å². The summed E-state index contributed by atoms with van der Waals surface area (Å²) in [5.74, 6) is 0. The van der Waals surface area contributed by atoms with Crippen molar-refractivity contribution in [3.8, 4) is 0 Å². The van der Waals surface area contributed by atoms with E-state index in [0.29, 0.717) is 12.0 Å². The highest BCUT2D eigenvalue weighted by Crippen LogP contribution is 2.44. The second-order valence-electron chi connectivity index (χ2n) is 14.7. The Kier molecular flexibility index (Phi) is 10.4. The van der Waals surface area contributed by atoms with Crippen LogP contribution >= 0.6 is 0 Å². The summed E-state index contributed by atoms with van der Waals surface area (Å²) in [7, 11) is -6.11. The van der Waals surface area contributed by atoms with Gasteiger partial charge in [-0.15, -0.1) is 0 Å². The molecule has 4 nitrogen and oxygen atoms in total. The molecule has 0 saturated heterocycles. The fourth-order valence-corrected chi connectivity index (χ4v) is 16.8. The Labute approximate surface area is 283 Å². The van der Waals surface area contributed by atoms with Crippen LogP contribution in [0.1, 0.15) is 48.0 Å². The molecule has 3 atom stereocenters. The lowest BCUT2D eigenvalue weighted by Gasteiger charge is -2.51.